The maximum Gasteiger partial charge on any atom is 0.257 e. The highest BCUT2D eigenvalue weighted by Gasteiger charge is 2.11. The minimum atomic E-state index is -0.190. The van der Waals surface area contributed by atoms with E-state index in [2.05, 4.69) is 25.6 Å². The Morgan fingerprint density at radius 3 is 2.71 bits per heavy atom. The van der Waals surface area contributed by atoms with Gasteiger partial charge in [-0.2, -0.15) is 9.61 Å². The molecule has 1 amide bonds. The third-order valence-electron chi connectivity index (χ3n) is 3.46. The van der Waals surface area contributed by atoms with Crippen molar-refractivity contribution in [1.29, 1.82) is 0 Å². The Kier molecular flexibility index (Phi) is 3.51. The fraction of sp³-hybridized carbons (Fsp3) is 0.0625. The van der Waals surface area contributed by atoms with Crippen molar-refractivity contribution in [2.75, 3.05) is 5.32 Å². The van der Waals surface area contributed by atoms with Crippen molar-refractivity contribution in [3.05, 3.63) is 60.2 Å². The Morgan fingerprint density at radius 2 is 2.00 bits per heavy atom. The van der Waals surface area contributed by atoms with Crippen LogP contribution in [0.25, 0.3) is 15.5 Å². The number of anilines is 1. The molecule has 4 rings (SSSR count). The molecule has 3 heterocycles. The average molecular weight is 336 g/mol. The summed E-state index contributed by atoms with van der Waals surface area (Å²) in [6.07, 6.45) is 3.17. The van der Waals surface area contributed by atoms with Crippen LogP contribution in [0.5, 0.6) is 0 Å². The summed E-state index contributed by atoms with van der Waals surface area (Å²) in [5.74, 6) is 0.568. The molecule has 0 aliphatic rings. The number of aryl methyl sites for hydroxylation is 1. The lowest BCUT2D eigenvalue weighted by atomic mass is 10.2. The number of benzene rings is 1. The number of fused-ring (bicyclic) bond motifs is 1. The molecule has 1 aromatic carbocycles. The number of hydrogen-bond acceptors (Lipinski definition) is 6. The molecule has 0 spiro atoms. The first-order valence-corrected chi connectivity index (χ1v) is 8.03. The van der Waals surface area contributed by atoms with Crippen LogP contribution in [-0.4, -0.2) is 30.7 Å². The van der Waals surface area contributed by atoms with E-state index < -0.39 is 0 Å². The molecule has 0 saturated carbocycles. The Morgan fingerprint density at radius 1 is 1.17 bits per heavy atom. The number of carbonyl (C=O) groups is 1. The summed E-state index contributed by atoms with van der Waals surface area (Å²) in [5, 5.41) is 16.2. The summed E-state index contributed by atoms with van der Waals surface area (Å²) < 4.78 is 1.72. The number of nitrogens with one attached hydrogen (secondary N) is 1. The van der Waals surface area contributed by atoms with Gasteiger partial charge in [0.05, 0.1) is 5.56 Å². The summed E-state index contributed by atoms with van der Waals surface area (Å²) in [4.78, 5) is 16.8. The highest BCUT2D eigenvalue weighted by atomic mass is 32.1. The maximum absolute atomic E-state index is 12.1. The summed E-state index contributed by atoms with van der Waals surface area (Å²) in [6, 6.07) is 11.0. The van der Waals surface area contributed by atoms with Crippen LogP contribution >= 0.6 is 11.3 Å². The SMILES string of the molecule is Cc1nnc2sc(-c3ccc(NC(=O)c4cccnc4)cc3)nn12. The summed E-state index contributed by atoms with van der Waals surface area (Å²) in [6.45, 7) is 1.86. The second-order valence-electron chi connectivity index (χ2n) is 5.12. The number of nitrogens with zero attached hydrogens (tertiary/aromatic N) is 5. The molecule has 8 heteroatoms. The number of pyridine rings is 1. The predicted octanol–water partition coefficient (Wildman–Crippen LogP) is 2.81. The number of aromatic nitrogens is 5. The van der Waals surface area contributed by atoms with E-state index in [4.69, 9.17) is 0 Å². The second kappa shape index (κ2) is 5.82. The van der Waals surface area contributed by atoms with Gasteiger partial charge in [-0.15, -0.1) is 10.2 Å². The molecular formula is C16H12N6OS. The van der Waals surface area contributed by atoms with E-state index in [0.717, 1.165) is 21.4 Å². The molecule has 4 aromatic rings. The molecule has 0 aliphatic heterocycles. The zero-order chi connectivity index (χ0) is 16.5. The Bertz CT molecular complexity index is 1010. The number of rotatable bonds is 3. The molecule has 0 radical (unpaired) electrons. The van der Waals surface area contributed by atoms with Crippen molar-refractivity contribution in [1.82, 2.24) is 24.8 Å². The molecule has 0 atom stereocenters. The van der Waals surface area contributed by atoms with E-state index in [0.29, 0.717) is 11.3 Å². The lowest BCUT2D eigenvalue weighted by Crippen LogP contribution is -2.11. The van der Waals surface area contributed by atoms with E-state index in [-0.39, 0.29) is 5.91 Å². The minimum absolute atomic E-state index is 0.190. The van der Waals surface area contributed by atoms with E-state index in [1.165, 1.54) is 17.5 Å². The summed E-state index contributed by atoms with van der Waals surface area (Å²) in [5.41, 5.74) is 2.20. The molecule has 0 aliphatic carbocycles. The number of carbonyl (C=O) groups excluding carboxylic acids is 1. The fourth-order valence-corrected chi connectivity index (χ4v) is 3.12. The lowest BCUT2D eigenvalue weighted by molar-refractivity contribution is 0.102. The molecule has 1 N–H and O–H groups in total. The summed E-state index contributed by atoms with van der Waals surface area (Å²) in [7, 11) is 0. The van der Waals surface area contributed by atoms with Crippen LogP contribution in [0.4, 0.5) is 5.69 Å². The predicted molar refractivity (Wildman–Crippen MR) is 91.0 cm³/mol. The van der Waals surface area contributed by atoms with Crippen LogP contribution in [0.2, 0.25) is 0 Å². The highest BCUT2D eigenvalue weighted by molar-refractivity contribution is 7.19. The Hall–Kier alpha value is -3.13. The molecule has 0 saturated heterocycles. The van der Waals surface area contributed by atoms with Gasteiger partial charge in [-0.1, -0.05) is 11.3 Å². The highest BCUT2D eigenvalue weighted by Crippen LogP contribution is 2.26. The zero-order valence-electron chi connectivity index (χ0n) is 12.7. The molecular weight excluding hydrogens is 324 g/mol. The van der Waals surface area contributed by atoms with Crippen molar-refractivity contribution in [3.8, 4) is 10.6 Å². The van der Waals surface area contributed by atoms with Crippen LogP contribution in [-0.2, 0) is 0 Å². The molecule has 118 valence electrons. The zero-order valence-corrected chi connectivity index (χ0v) is 13.5. The topological polar surface area (TPSA) is 85.1 Å². The Labute approximate surface area is 141 Å². The van der Waals surface area contributed by atoms with E-state index in [1.807, 2.05) is 31.2 Å². The first-order chi connectivity index (χ1) is 11.7. The van der Waals surface area contributed by atoms with Gasteiger partial charge in [0.25, 0.3) is 5.91 Å². The second-order valence-corrected chi connectivity index (χ2v) is 6.08. The fourth-order valence-electron chi connectivity index (χ4n) is 2.23. The molecule has 0 unspecified atom stereocenters. The van der Waals surface area contributed by atoms with E-state index in [1.54, 1.807) is 22.8 Å². The lowest BCUT2D eigenvalue weighted by Gasteiger charge is -2.05. The van der Waals surface area contributed by atoms with Crippen molar-refractivity contribution in [2.45, 2.75) is 6.92 Å². The number of hydrogen-bond donors (Lipinski definition) is 1. The molecule has 7 nitrogen and oxygen atoms in total. The molecule has 3 aromatic heterocycles. The molecule has 0 fully saturated rings. The van der Waals surface area contributed by atoms with Gasteiger partial charge in [0.2, 0.25) is 4.96 Å². The van der Waals surface area contributed by atoms with Gasteiger partial charge < -0.3 is 5.32 Å². The van der Waals surface area contributed by atoms with Crippen LogP contribution < -0.4 is 5.32 Å². The van der Waals surface area contributed by atoms with Gasteiger partial charge >= 0.3 is 0 Å². The van der Waals surface area contributed by atoms with Gasteiger partial charge in [-0.05, 0) is 43.3 Å². The molecule has 24 heavy (non-hydrogen) atoms. The van der Waals surface area contributed by atoms with Crippen LogP contribution in [0.1, 0.15) is 16.2 Å². The average Bonchev–Trinajstić information content (AvgIpc) is 3.19. The van der Waals surface area contributed by atoms with E-state index in [9.17, 15) is 4.79 Å². The van der Waals surface area contributed by atoms with Gasteiger partial charge in [0, 0.05) is 23.6 Å². The summed E-state index contributed by atoms with van der Waals surface area (Å²) >= 11 is 1.47. The van der Waals surface area contributed by atoms with Crippen LogP contribution in [0, 0.1) is 6.92 Å². The standard InChI is InChI=1S/C16H12N6OS/c1-10-19-20-16-22(10)21-15(24-16)11-4-6-13(7-5-11)18-14(23)12-3-2-8-17-9-12/h2-9H,1H3,(H,18,23). The van der Waals surface area contributed by atoms with Crippen molar-refractivity contribution < 1.29 is 4.79 Å². The van der Waals surface area contributed by atoms with Crippen LogP contribution in [0.3, 0.4) is 0 Å². The molecule has 0 bridgehead atoms. The Balaban J connectivity index is 1.55. The number of amides is 1. The minimum Gasteiger partial charge on any atom is -0.322 e. The van der Waals surface area contributed by atoms with E-state index >= 15 is 0 Å². The monoisotopic (exact) mass is 336 g/mol. The van der Waals surface area contributed by atoms with Gasteiger partial charge in [0.15, 0.2) is 5.82 Å². The van der Waals surface area contributed by atoms with Gasteiger partial charge in [-0.25, -0.2) is 0 Å². The van der Waals surface area contributed by atoms with Crippen molar-refractivity contribution in [2.24, 2.45) is 0 Å². The van der Waals surface area contributed by atoms with Crippen molar-refractivity contribution in [3.63, 3.8) is 0 Å². The third-order valence-corrected chi connectivity index (χ3v) is 4.41. The van der Waals surface area contributed by atoms with Gasteiger partial charge in [0.1, 0.15) is 5.01 Å². The maximum atomic E-state index is 12.1. The quantitative estimate of drug-likeness (QED) is 0.622. The van der Waals surface area contributed by atoms with Crippen molar-refractivity contribution >= 4 is 27.9 Å². The smallest absolute Gasteiger partial charge is 0.257 e. The normalized spacial score (nSPS) is 10.9. The van der Waals surface area contributed by atoms with Crippen LogP contribution in [0.15, 0.2) is 48.8 Å². The van der Waals surface area contributed by atoms with Gasteiger partial charge in [-0.3, -0.25) is 9.78 Å². The first-order valence-electron chi connectivity index (χ1n) is 7.21. The third kappa shape index (κ3) is 2.63. The first kappa shape index (κ1) is 14.5. The largest absolute Gasteiger partial charge is 0.322 e.